The van der Waals surface area contributed by atoms with Gasteiger partial charge < -0.3 is 14.9 Å². The van der Waals surface area contributed by atoms with Gasteiger partial charge in [0.05, 0.1) is 11.8 Å². The molecule has 96 valence electrons. The zero-order valence-electron chi connectivity index (χ0n) is 10.8. The molecule has 2 N–H and O–H groups in total. The lowest BCUT2D eigenvalue weighted by molar-refractivity contribution is 0.0869. The first-order valence-corrected chi connectivity index (χ1v) is 5.88. The fourth-order valence-corrected chi connectivity index (χ4v) is 1.47. The van der Waals surface area contributed by atoms with E-state index < -0.39 is 6.10 Å². The Balaban J connectivity index is 2.67. The van der Waals surface area contributed by atoms with Crippen molar-refractivity contribution >= 4 is 5.91 Å². The van der Waals surface area contributed by atoms with E-state index in [9.17, 15) is 9.90 Å². The molecule has 1 aromatic heterocycles. The maximum Gasteiger partial charge on any atom is 0.256 e. The molecule has 0 bridgehead atoms. The summed E-state index contributed by atoms with van der Waals surface area (Å²) in [6, 6.07) is 0. The largest absolute Gasteiger partial charge is 0.391 e. The minimum absolute atomic E-state index is 0.115. The number of hydrogen-bond acceptors (Lipinski definition) is 4. The third-order valence-corrected chi connectivity index (χ3v) is 2.74. The van der Waals surface area contributed by atoms with Crippen LogP contribution in [0.5, 0.6) is 0 Å². The summed E-state index contributed by atoms with van der Waals surface area (Å²) >= 11 is 0. The Morgan fingerprint density at radius 1 is 1.53 bits per heavy atom. The maximum atomic E-state index is 11.9. The van der Waals surface area contributed by atoms with Gasteiger partial charge in [0.1, 0.15) is 11.3 Å². The minimum atomic E-state index is -0.538. The highest BCUT2D eigenvalue weighted by molar-refractivity contribution is 5.96. The van der Waals surface area contributed by atoms with E-state index in [0.29, 0.717) is 23.4 Å². The molecule has 1 heterocycles. The van der Waals surface area contributed by atoms with Crippen LogP contribution in [-0.2, 0) is 6.42 Å². The molecule has 1 atom stereocenters. The van der Waals surface area contributed by atoms with Gasteiger partial charge in [-0.1, -0.05) is 25.9 Å². The van der Waals surface area contributed by atoms with Gasteiger partial charge in [-0.05, 0) is 19.3 Å². The Bertz CT molecular complexity index is 385. The topological polar surface area (TPSA) is 75.4 Å². The van der Waals surface area contributed by atoms with Gasteiger partial charge in [-0.2, -0.15) is 0 Å². The van der Waals surface area contributed by atoms with Crippen LogP contribution in [0.25, 0.3) is 0 Å². The van der Waals surface area contributed by atoms with E-state index in [0.717, 1.165) is 0 Å². The van der Waals surface area contributed by atoms with Gasteiger partial charge in [-0.15, -0.1) is 0 Å². The van der Waals surface area contributed by atoms with Gasteiger partial charge in [0.2, 0.25) is 0 Å². The van der Waals surface area contributed by atoms with Crippen molar-refractivity contribution in [2.24, 2.45) is 5.92 Å². The van der Waals surface area contributed by atoms with Crippen molar-refractivity contribution in [2.75, 3.05) is 6.54 Å². The lowest BCUT2D eigenvalue weighted by atomic mass is 10.1. The number of nitrogens with one attached hydrogen (secondary N) is 1. The van der Waals surface area contributed by atoms with Gasteiger partial charge in [0.25, 0.3) is 5.91 Å². The number of nitrogens with zero attached hydrogens (tertiary/aromatic N) is 1. The highest BCUT2D eigenvalue weighted by atomic mass is 16.5. The van der Waals surface area contributed by atoms with E-state index in [-0.39, 0.29) is 18.4 Å². The first kappa shape index (κ1) is 13.7. The fraction of sp³-hybridized carbons (Fsp3) is 0.667. The van der Waals surface area contributed by atoms with E-state index in [2.05, 4.69) is 10.5 Å². The van der Waals surface area contributed by atoms with Gasteiger partial charge in [0.15, 0.2) is 0 Å². The Hall–Kier alpha value is -1.36. The van der Waals surface area contributed by atoms with E-state index >= 15 is 0 Å². The molecule has 0 saturated carbocycles. The third kappa shape index (κ3) is 3.30. The maximum absolute atomic E-state index is 11.9. The molecule has 0 spiro atoms. The molecule has 5 nitrogen and oxygen atoms in total. The molecule has 17 heavy (non-hydrogen) atoms. The van der Waals surface area contributed by atoms with Gasteiger partial charge >= 0.3 is 0 Å². The summed E-state index contributed by atoms with van der Waals surface area (Å²) in [5.41, 5.74) is 1.14. The highest BCUT2D eigenvalue weighted by Gasteiger charge is 2.20. The lowest BCUT2D eigenvalue weighted by Gasteiger charge is -2.14. The molecule has 0 fully saturated rings. The number of rotatable bonds is 5. The number of amides is 1. The van der Waals surface area contributed by atoms with Crippen LogP contribution in [0.2, 0.25) is 0 Å². The first-order valence-electron chi connectivity index (χ1n) is 5.88. The van der Waals surface area contributed by atoms with Crippen molar-refractivity contribution < 1.29 is 14.4 Å². The van der Waals surface area contributed by atoms with Crippen molar-refractivity contribution in [3.05, 3.63) is 17.0 Å². The summed E-state index contributed by atoms with van der Waals surface area (Å²) in [5.74, 6) is 0.392. The zero-order chi connectivity index (χ0) is 13.0. The number of aliphatic hydroxyl groups excluding tert-OH is 1. The molecule has 1 rings (SSSR count). The van der Waals surface area contributed by atoms with E-state index in [4.69, 9.17) is 4.52 Å². The standard InChI is InChI=1S/C12H20N2O3/c1-5-9-11(8(4)17-14-9)12(16)13-6-10(15)7(2)3/h7,10,15H,5-6H2,1-4H3,(H,13,16). The minimum Gasteiger partial charge on any atom is -0.391 e. The number of aromatic nitrogens is 1. The van der Waals surface area contributed by atoms with Crippen LogP contribution >= 0.6 is 0 Å². The van der Waals surface area contributed by atoms with Crippen LogP contribution in [0.1, 0.15) is 42.6 Å². The SMILES string of the molecule is CCc1noc(C)c1C(=O)NCC(O)C(C)C. The van der Waals surface area contributed by atoms with Crippen LogP contribution in [0, 0.1) is 12.8 Å². The zero-order valence-corrected chi connectivity index (χ0v) is 10.8. The summed E-state index contributed by atoms with van der Waals surface area (Å²) < 4.78 is 4.99. The van der Waals surface area contributed by atoms with Crippen LogP contribution in [-0.4, -0.2) is 28.8 Å². The molecule has 0 saturated heterocycles. The van der Waals surface area contributed by atoms with Crippen molar-refractivity contribution in [3.63, 3.8) is 0 Å². The Labute approximate surface area is 101 Å². The van der Waals surface area contributed by atoms with Crippen molar-refractivity contribution in [1.82, 2.24) is 10.5 Å². The quantitative estimate of drug-likeness (QED) is 0.813. The second-order valence-corrected chi connectivity index (χ2v) is 4.44. The van der Waals surface area contributed by atoms with Crippen molar-refractivity contribution in [1.29, 1.82) is 0 Å². The Morgan fingerprint density at radius 3 is 2.71 bits per heavy atom. The first-order chi connectivity index (χ1) is 7.97. The van der Waals surface area contributed by atoms with Crippen LogP contribution in [0.3, 0.4) is 0 Å². The van der Waals surface area contributed by atoms with E-state index in [1.807, 2.05) is 20.8 Å². The smallest absolute Gasteiger partial charge is 0.256 e. The number of carbonyl (C=O) groups excluding carboxylic acids is 1. The number of hydrogen-bond donors (Lipinski definition) is 2. The monoisotopic (exact) mass is 240 g/mol. The summed E-state index contributed by atoms with van der Waals surface area (Å²) in [5, 5.41) is 16.1. The molecule has 0 aliphatic heterocycles. The van der Waals surface area contributed by atoms with Gasteiger partial charge in [0, 0.05) is 6.54 Å². The van der Waals surface area contributed by atoms with E-state index in [1.54, 1.807) is 6.92 Å². The number of aliphatic hydroxyl groups is 1. The molecular weight excluding hydrogens is 220 g/mol. The predicted octanol–water partition coefficient (Wildman–Crippen LogP) is 1.29. The number of carbonyl (C=O) groups is 1. The van der Waals surface area contributed by atoms with Crippen LogP contribution in [0.4, 0.5) is 0 Å². The van der Waals surface area contributed by atoms with Crippen LogP contribution < -0.4 is 5.32 Å². The summed E-state index contributed by atoms with van der Waals surface area (Å²) in [7, 11) is 0. The second kappa shape index (κ2) is 5.82. The normalized spacial score (nSPS) is 12.8. The molecule has 0 aliphatic carbocycles. The molecule has 1 amide bonds. The molecule has 1 aromatic rings. The Kier molecular flexibility index (Phi) is 4.69. The lowest BCUT2D eigenvalue weighted by Crippen LogP contribution is -2.35. The summed E-state index contributed by atoms with van der Waals surface area (Å²) in [6.07, 6.45) is 0.108. The summed E-state index contributed by atoms with van der Waals surface area (Å²) in [6.45, 7) is 7.67. The second-order valence-electron chi connectivity index (χ2n) is 4.44. The van der Waals surface area contributed by atoms with Crippen molar-refractivity contribution in [2.45, 2.75) is 40.2 Å². The molecule has 0 aliphatic rings. The average molecular weight is 240 g/mol. The molecule has 0 radical (unpaired) electrons. The van der Waals surface area contributed by atoms with Gasteiger partial charge in [-0.3, -0.25) is 4.79 Å². The van der Waals surface area contributed by atoms with E-state index in [1.165, 1.54) is 0 Å². The molecule has 5 heteroatoms. The Morgan fingerprint density at radius 2 is 2.18 bits per heavy atom. The molecular formula is C12H20N2O3. The summed E-state index contributed by atoms with van der Waals surface area (Å²) in [4.78, 5) is 11.9. The van der Waals surface area contributed by atoms with Gasteiger partial charge in [-0.25, -0.2) is 0 Å². The fourth-order valence-electron chi connectivity index (χ4n) is 1.47. The molecule has 1 unspecified atom stereocenters. The number of aryl methyl sites for hydroxylation is 2. The molecule has 0 aromatic carbocycles. The highest BCUT2D eigenvalue weighted by Crippen LogP contribution is 2.13. The van der Waals surface area contributed by atoms with Crippen molar-refractivity contribution in [3.8, 4) is 0 Å². The third-order valence-electron chi connectivity index (χ3n) is 2.74. The van der Waals surface area contributed by atoms with Crippen LogP contribution in [0.15, 0.2) is 4.52 Å². The average Bonchev–Trinajstić information content (AvgIpc) is 2.66. The predicted molar refractivity (Wildman–Crippen MR) is 63.8 cm³/mol.